The van der Waals surface area contributed by atoms with Gasteiger partial charge in [-0.3, -0.25) is 14.4 Å². The lowest BCUT2D eigenvalue weighted by Crippen LogP contribution is -2.45. The van der Waals surface area contributed by atoms with Crippen LogP contribution in [0.5, 0.6) is 17.2 Å². The first-order valence-electron chi connectivity index (χ1n) is 10.5. The smallest absolute Gasteiger partial charge is 0.227 e. The van der Waals surface area contributed by atoms with Crippen LogP contribution in [0.3, 0.4) is 0 Å². The van der Waals surface area contributed by atoms with Crippen LogP contribution in [0.4, 0.5) is 0 Å². The van der Waals surface area contributed by atoms with Crippen LogP contribution in [-0.2, 0) is 25.5 Å². The number of allylic oxidation sites excluding steroid dienone is 3. The molecule has 0 aliphatic heterocycles. The van der Waals surface area contributed by atoms with E-state index in [1.165, 1.54) is 14.0 Å². The Morgan fingerprint density at radius 1 is 1.06 bits per heavy atom. The Labute approximate surface area is 186 Å². The minimum atomic E-state index is -0.397. The van der Waals surface area contributed by atoms with Crippen molar-refractivity contribution in [2.24, 2.45) is 11.8 Å². The van der Waals surface area contributed by atoms with E-state index >= 15 is 0 Å². The quantitative estimate of drug-likeness (QED) is 0.648. The number of carbonyl (C=O) groups is 3. The number of methoxy groups -OCH3 is 4. The Morgan fingerprint density at radius 3 is 2.38 bits per heavy atom. The molecular weight excluding hydrogens is 414 g/mol. The van der Waals surface area contributed by atoms with Crippen molar-refractivity contribution < 1.29 is 33.3 Å². The Morgan fingerprint density at radius 2 is 1.78 bits per heavy atom. The van der Waals surface area contributed by atoms with Crippen molar-refractivity contribution >= 4 is 23.0 Å². The highest BCUT2D eigenvalue weighted by atomic mass is 16.5. The summed E-state index contributed by atoms with van der Waals surface area (Å²) in [5, 5.41) is 2.98. The van der Waals surface area contributed by atoms with E-state index in [1.807, 2.05) is 12.1 Å². The summed E-state index contributed by atoms with van der Waals surface area (Å²) in [7, 11) is 6.17. The van der Waals surface area contributed by atoms with Gasteiger partial charge in [-0.2, -0.15) is 0 Å². The number of hydrogen-bond donors (Lipinski definition) is 1. The Hall–Kier alpha value is -3.29. The van der Waals surface area contributed by atoms with E-state index in [9.17, 15) is 14.4 Å². The molecule has 3 atom stereocenters. The third kappa shape index (κ3) is 3.25. The molecule has 3 unspecified atom stereocenters. The zero-order valence-corrected chi connectivity index (χ0v) is 18.9. The van der Waals surface area contributed by atoms with Crippen molar-refractivity contribution in [1.29, 1.82) is 0 Å². The number of nitrogens with one attached hydrogen (secondary N) is 1. The molecule has 1 N–H and O–H groups in total. The lowest BCUT2D eigenvalue weighted by Gasteiger charge is -2.40. The van der Waals surface area contributed by atoms with Crippen molar-refractivity contribution in [2.45, 2.75) is 32.2 Å². The third-order valence-electron chi connectivity index (χ3n) is 6.42. The monoisotopic (exact) mass is 441 g/mol. The van der Waals surface area contributed by atoms with Gasteiger partial charge in [0.2, 0.25) is 17.4 Å². The molecule has 0 radical (unpaired) electrons. The molecule has 1 aromatic carbocycles. The molecule has 3 aliphatic rings. The average Bonchev–Trinajstić information content (AvgIpc) is 2.94. The van der Waals surface area contributed by atoms with Crippen LogP contribution in [0.1, 0.15) is 30.9 Å². The van der Waals surface area contributed by atoms with Gasteiger partial charge in [-0.15, -0.1) is 0 Å². The summed E-state index contributed by atoms with van der Waals surface area (Å²) in [6.07, 6.45) is 2.84. The Balaban J connectivity index is 1.88. The Kier molecular flexibility index (Phi) is 5.71. The van der Waals surface area contributed by atoms with Crippen LogP contribution in [0.2, 0.25) is 0 Å². The highest BCUT2D eigenvalue weighted by Gasteiger charge is 2.54. The molecule has 3 aliphatic carbocycles. The molecular formula is C24H27NO7. The van der Waals surface area contributed by atoms with Gasteiger partial charge in [0.1, 0.15) is 5.78 Å². The van der Waals surface area contributed by atoms with Gasteiger partial charge in [-0.1, -0.05) is 0 Å². The molecule has 0 saturated carbocycles. The molecule has 1 aromatic rings. The van der Waals surface area contributed by atoms with E-state index in [0.29, 0.717) is 35.8 Å². The molecule has 0 heterocycles. The van der Waals surface area contributed by atoms with Crippen LogP contribution in [0.25, 0.3) is 5.57 Å². The van der Waals surface area contributed by atoms with Crippen molar-refractivity contribution in [3.8, 4) is 17.2 Å². The van der Waals surface area contributed by atoms with Gasteiger partial charge in [-0.25, -0.2) is 0 Å². The summed E-state index contributed by atoms with van der Waals surface area (Å²) >= 11 is 0. The fourth-order valence-electron chi connectivity index (χ4n) is 5.17. The summed E-state index contributed by atoms with van der Waals surface area (Å²) in [6.45, 7) is 1.38. The Bertz CT molecular complexity index is 1070. The maximum absolute atomic E-state index is 13.0. The molecule has 1 amide bonds. The van der Waals surface area contributed by atoms with E-state index in [0.717, 1.165) is 22.3 Å². The number of hydrogen-bond acceptors (Lipinski definition) is 7. The first-order valence-corrected chi connectivity index (χ1v) is 10.5. The minimum absolute atomic E-state index is 0.0926. The van der Waals surface area contributed by atoms with Crippen molar-refractivity contribution in [3.63, 3.8) is 0 Å². The van der Waals surface area contributed by atoms with Gasteiger partial charge in [0, 0.05) is 11.5 Å². The van der Waals surface area contributed by atoms with Gasteiger partial charge in [-0.05, 0) is 48.6 Å². The number of Topliss-reactive ketones (excluding diaryl/α,β-unsaturated/α-hetero) is 2. The SMILES string of the molecule is COC1=CC2C3=C(C(NC(=O)CC(C)=O)CCc4cc(OC)c(OC)c(OC)c43)C2C1=O. The molecule has 32 heavy (non-hydrogen) atoms. The summed E-state index contributed by atoms with van der Waals surface area (Å²) in [5.41, 5.74) is 3.64. The second kappa shape index (κ2) is 8.33. The van der Waals surface area contributed by atoms with E-state index in [4.69, 9.17) is 18.9 Å². The molecule has 8 nitrogen and oxygen atoms in total. The second-order valence-corrected chi connectivity index (χ2v) is 8.19. The molecule has 170 valence electrons. The second-order valence-electron chi connectivity index (χ2n) is 8.19. The fourth-order valence-corrected chi connectivity index (χ4v) is 5.17. The van der Waals surface area contributed by atoms with Gasteiger partial charge >= 0.3 is 0 Å². The van der Waals surface area contributed by atoms with E-state index in [1.54, 1.807) is 21.3 Å². The minimum Gasteiger partial charge on any atom is -0.493 e. The van der Waals surface area contributed by atoms with Crippen LogP contribution in [0, 0.1) is 11.8 Å². The normalized spacial score (nSPS) is 23.1. The van der Waals surface area contributed by atoms with Crippen LogP contribution >= 0.6 is 0 Å². The molecule has 8 heteroatoms. The first-order chi connectivity index (χ1) is 15.4. The predicted octanol–water partition coefficient (Wildman–Crippen LogP) is 2.24. The molecule has 0 spiro atoms. The molecule has 0 bridgehead atoms. The number of benzene rings is 1. The molecule has 0 aromatic heterocycles. The fraction of sp³-hybridized carbons (Fsp3) is 0.458. The molecule has 4 rings (SSSR count). The lowest BCUT2D eigenvalue weighted by atomic mass is 9.64. The van der Waals surface area contributed by atoms with Gasteiger partial charge in [0.25, 0.3) is 0 Å². The molecule has 0 saturated heterocycles. The van der Waals surface area contributed by atoms with Gasteiger partial charge < -0.3 is 24.3 Å². The third-order valence-corrected chi connectivity index (χ3v) is 6.42. The number of rotatable bonds is 7. The lowest BCUT2D eigenvalue weighted by molar-refractivity contribution is -0.128. The van der Waals surface area contributed by atoms with Crippen molar-refractivity contribution in [2.75, 3.05) is 28.4 Å². The van der Waals surface area contributed by atoms with E-state index < -0.39 is 5.92 Å². The topological polar surface area (TPSA) is 100 Å². The first kappa shape index (κ1) is 21.9. The molecule has 0 fully saturated rings. The number of carbonyl (C=O) groups excluding carboxylic acids is 3. The maximum atomic E-state index is 13.0. The summed E-state index contributed by atoms with van der Waals surface area (Å²) in [4.78, 5) is 36.9. The highest BCUT2D eigenvalue weighted by Crippen LogP contribution is 2.59. The number of amides is 1. The zero-order valence-electron chi connectivity index (χ0n) is 18.9. The van der Waals surface area contributed by atoms with Gasteiger partial charge in [0.15, 0.2) is 17.3 Å². The summed E-state index contributed by atoms with van der Waals surface area (Å²) in [6, 6.07) is 1.55. The number of fused-ring (bicyclic) bond motifs is 5. The number of ether oxygens (including phenoxy) is 4. The van der Waals surface area contributed by atoms with Crippen molar-refractivity contribution in [1.82, 2.24) is 5.32 Å². The maximum Gasteiger partial charge on any atom is 0.227 e. The number of ketones is 2. The van der Waals surface area contributed by atoms with Crippen LogP contribution in [0.15, 0.2) is 23.5 Å². The average molecular weight is 441 g/mol. The number of aryl methyl sites for hydroxylation is 1. The van der Waals surface area contributed by atoms with Crippen molar-refractivity contribution in [3.05, 3.63) is 34.6 Å². The summed E-state index contributed by atoms with van der Waals surface area (Å²) in [5.74, 6) is 0.657. The van der Waals surface area contributed by atoms with Crippen LogP contribution < -0.4 is 19.5 Å². The largest absolute Gasteiger partial charge is 0.493 e. The zero-order chi connectivity index (χ0) is 23.2. The van der Waals surface area contributed by atoms with Crippen LogP contribution in [-0.4, -0.2) is 52.0 Å². The summed E-state index contributed by atoms with van der Waals surface area (Å²) < 4.78 is 22.2. The van der Waals surface area contributed by atoms with E-state index in [-0.39, 0.29) is 35.9 Å². The van der Waals surface area contributed by atoms with E-state index in [2.05, 4.69) is 5.32 Å². The van der Waals surface area contributed by atoms with Gasteiger partial charge in [0.05, 0.1) is 46.8 Å². The highest BCUT2D eigenvalue weighted by molar-refractivity contribution is 6.09. The predicted molar refractivity (Wildman–Crippen MR) is 116 cm³/mol. The standard InChI is InChI=1S/C24H27NO7/c1-11(26)8-17(27)25-14-7-6-12-9-16(30-3)23(31-4)24(32-5)18(12)19-13-10-15(29-2)22(28)20(13)21(14)19/h9-10,13-14,20H,6-8H2,1-5H3,(H,25,27).